The third-order valence-corrected chi connectivity index (χ3v) is 3.50. The first-order valence-corrected chi connectivity index (χ1v) is 6.57. The van der Waals surface area contributed by atoms with Crippen LogP contribution in [0.2, 0.25) is 0 Å². The van der Waals surface area contributed by atoms with Crippen LogP contribution in [0.5, 0.6) is 0 Å². The van der Waals surface area contributed by atoms with Gasteiger partial charge >= 0.3 is 6.03 Å². The Morgan fingerprint density at radius 1 is 1.17 bits per heavy atom. The Labute approximate surface area is 112 Å². The van der Waals surface area contributed by atoms with E-state index in [9.17, 15) is 13.6 Å². The number of urea groups is 1. The molecule has 0 aliphatic carbocycles. The predicted molar refractivity (Wildman–Crippen MR) is 68.5 cm³/mol. The standard InChI is InChI=1S/C12H13BrF2N2O/c13-8-6-11(10(15)7-9(8)14)16-12(18)17-4-2-1-3-5-17/h6-7H,1-5H2,(H,16,18). The smallest absolute Gasteiger partial charge is 0.321 e. The number of carbonyl (C=O) groups excluding carboxylic acids is 1. The molecule has 0 aromatic heterocycles. The lowest BCUT2D eigenvalue weighted by Gasteiger charge is -2.26. The number of likely N-dealkylation sites (tertiary alicyclic amines) is 1. The van der Waals surface area contributed by atoms with E-state index in [1.807, 2.05) is 0 Å². The molecule has 3 nitrogen and oxygen atoms in total. The van der Waals surface area contributed by atoms with Crippen LogP contribution in [-0.2, 0) is 0 Å². The van der Waals surface area contributed by atoms with Crippen LogP contribution < -0.4 is 5.32 Å². The van der Waals surface area contributed by atoms with Crippen molar-refractivity contribution < 1.29 is 13.6 Å². The minimum Gasteiger partial charge on any atom is -0.325 e. The molecule has 1 aromatic rings. The fourth-order valence-electron chi connectivity index (χ4n) is 1.91. The average Bonchev–Trinajstić information content (AvgIpc) is 2.37. The Bertz CT molecular complexity index is 462. The molecule has 0 unspecified atom stereocenters. The molecule has 98 valence electrons. The van der Waals surface area contributed by atoms with Gasteiger partial charge in [-0.3, -0.25) is 0 Å². The summed E-state index contributed by atoms with van der Waals surface area (Å²) in [5.74, 6) is -1.47. The maximum absolute atomic E-state index is 13.5. The van der Waals surface area contributed by atoms with E-state index in [2.05, 4.69) is 21.2 Å². The van der Waals surface area contributed by atoms with E-state index in [0.717, 1.165) is 25.3 Å². The van der Waals surface area contributed by atoms with Crippen LogP contribution in [0.3, 0.4) is 0 Å². The molecule has 1 aromatic carbocycles. The summed E-state index contributed by atoms with van der Waals surface area (Å²) in [5, 5.41) is 2.46. The number of amides is 2. The van der Waals surface area contributed by atoms with Gasteiger partial charge in [0.25, 0.3) is 0 Å². The number of piperidine rings is 1. The number of halogens is 3. The molecule has 18 heavy (non-hydrogen) atoms. The number of rotatable bonds is 1. The number of nitrogens with zero attached hydrogens (tertiary/aromatic N) is 1. The lowest BCUT2D eigenvalue weighted by atomic mass is 10.1. The highest BCUT2D eigenvalue weighted by atomic mass is 79.9. The third kappa shape index (κ3) is 2.98. The molecule has 0 bridgehead atoms. The highest BCUT2D eigenvalue weighted by Gasteiger charge is 2.18. The Balaban J connectivity index is 2.08. The molecule has 1 fully saturated rings. The molecule has 0 radical (unpaired) electrons. The van der Waals surface area contributed by atoms with Crippen molar-refractivity contribution in [2.75, 3.05) is 18.4 Å². The number of benzene rings is 1. The van der Waals surface area contributed by atoms with E-state index in [1.165, 1.54) is 6.07 Å². The summed E-state index contributed by atoms with van der Waals surface area (Å²) in [5.41, 5.74) is -0.0150. The average molecular weight is 319 g/mol. The van der Waals surface area contributed by atoms with Crippen molar-refractivity contribution in [2.45, 2.75) is 19.3 Å². The Hall–Kier alpha value is -1.17. The zero-order chi connectivity index (χ0) is 13.1. The zero-order valence-electron chi connectivity index (χ0n) is 9.68. The van der Waals surface area contributed by atoms with Gasteiger partial charge in [-0.1, -0.05) is 0 Å². The Morgan fingerprint density at radius 2 is 1.83 bits per heavy atom. The minimum atomic E-state index is -0.777. The van der Waals surface area contributed by atoms with Crippen LogP contribution >= 0.6 is 15.9 Å². The van der Waals surface area contributed by atoms with Crippen LogP contribution in [0.25, 0.3) is 0 Å². The predicted octanol–water partition coefficient (Wildman–Crippen LogP) is 3.75. The van der Waals surface area contributed by atoms with Crippen molar-refractivity contribution in [3.63, 3.8) is 0 Å². The molecule has 0 atom stereocenters. The summed E-state index contributed by atoms with van der Waals surface area (Å²) < 4.78 is 26.6. The fourth-order valence-corrected chi connectivity index (χ4v) is 2.25. The highest BCUT2D eigenvalue weighted by molar-refractivity contribution is 9.10. The summed E-state index contributed by atoms with van der Waals surface area (Å²) in [6, 6.07) is 1.63. The summed E-state index contributed by atoms with van der Waals surface area (Å²) in [6.07, 6.45) is 3.03. The molecule has 2 rings (SSSR count). The lowest BCUT2D eigenvalue weighted by molar-refractivity contribution is 0.200. The normalized spacial score (nSPS) is 15.6. The van der Waals surface area contributed by atoms with Gasteiger partial charge in [-0.15, -0.1) is 0 Å². The largest absolute Gasteiger partial charge is 0.325 e. The van der Waals surface area contributed by atoms with E-state index >= 15 is 0 Å². The topological polar surface area (TPSA) is 32.3 Å². The van der Waals surface area contributed by atoms with Crippen LogP contribution in [0, 0.1) is 11.6 Å². The molecule has 1 aliphatic heterocycles. The van der Waals surface area contributed by atoms with Gasteiger partial charge in [0.2, 0.25) is 0 Å². The Kier molecular flexibility index (Phi) is 4.16. The van der Waals surface area contributed by atoms with E-state index in [-0.39, 0.29) is 16.2 Å². The van der Waals surface area contributed by atoms with E-state index in [1.54, 1.807) is 4.90 Å². The molecule has 2 amide bonds. The third-order valence-electron chi connectivity index (χ3n) is 2.89. The summed E-state index contributed by atoms with van der Waals surface area (Å²) in [7, 11) is 0. The first-order chi connectivity index (χ1) is 8.58. The molecule has 1 aliphatic rings. The van der Waals surface area contributed by atoms with E-state index in [0.29, 0.717) is 13.1 Å². The summed E-state index contributed by atoms with van der Waals surface area (Å²) in [6.45, 7) is 1.35. The fraction of sp³-hybridized carbons (Fsp3) is 0.417. The van der Waals surface area contributed by atoms with Gasteiger partial charge in [0, 0.05) is 19.2 Å². The van der Waals surface area contributed by atoms with Crippen LogP contribution in [0.4, 0.5) is 19.3 Å². The number of anilines is 1. The number of hydrogen-bond acceptors (Lipinski definition) is 1. The van der Waals surface area contributed by atoms with Gasteiger partial charge in [-0.2, -0.15) is 0 Å². The first-order valence-electron chi connectivity index (χ1n) is 5.78. The van der Waals surface area contributed by atoms with Gasteiger partial charge in [-0.25, -0.2) is 13.6 Å². The molecule has 1 saturated heterocycles. The SMILES string of the molecule is O=C(Nc1cc(Br)c(F)cc1F)N1CCCCC1. The second-order valence-electron chi connectivity index (χ2n) is 4.22. The molecular weight excluding hydrogens is 306 g/mol. The monoisotopic (exact) mass is 318 g/mol. The lowest BCUT2D eigenvalue weighted by Crippen LogP contribution is -2.38. The Morgan fingerprint density at radius 3 is 2.50 bits per heavy atom. The minimum absolute atomic E-state index is 0.0150. The molecule has 6 heteroatoms. The second kappa shape index (κ2) is 5.65. The molecule has 1 heterocycles. The van der Waals surface area contributed by atoms with Crippen LogP contribution in [-0.4, -0.2) is 24.0 Å². The van der Waals surface area contributed by atoms with Gasteiger partial charge in [0.1, 0.15) is 11.6 Å². The van der Waals surface area contributed by atoms with Crippen molar-refractivity contribution >= 4 is 27.6 Å². The van der Waals surface area contributed by atoms with Gasteiger partial charge < -0.3 is 10.2 Å². The van der Waals surface area contributed by atoms with Gasteiger partial charge in [-0.05, 0) is 41.3 Å². The summed E-state index contributed by atoms with van der Waals surface area (Å²) >= 11 is 2.96. The number of carbonyl (C=O) groups is 1. The van der Waals surface area contributed by atoms with Crippen LogP contribution in [0.1, 0.15) is 19.3 Å². The van der Waals surface area contributed by atoms with Crippen LogP contribution in [0.15, 0.2) is 16.6 Å². The zero-order valence-corrected chi connectivity index (χ0v) is 11.3. The second-order valence-corrected chi connectivity index (χ2v) is 5.08. The molecular formula is C12H13BrF2N2O. The van der Waals surface area contributed by atoms with Crippen molar-refractivity contribution in [3.05, 3.63) is 28.2 Å². The maximum atomic E-state index is 13.5. The van der Waals surface area contributed by atoms with E-state index in [4.69, 9.17) is 0 Å². The van der Waals surface area contributed by atoms with Gasteiger partial charge in [0.05, 0.1) is 10.2 Å². The summed E-state index contributed by atoms with van der Waals surface area (Å²) in [4.78, 5) is 13.5. The van der Waals surface area contributed by atoms with Crippen molar-refractivity contribution in [1.82, 2.24) is 4.90 Å². The van der Waals surface area contributed by atoms with Crippen molar-refractivity contribution in [1.29, 1.82) is 0 Å². The highest BCUT2D eigenvalue weighted by Crippen LogP contribution is 2.24. The van der Waals surface area contributed by atoms with Gasteiger partial charge in [0.15, 0.2) is 0 Å². The maximum Gasteiger partial charge on any atom is 0.321 e. The van der Waals surface area contributed by atoms with Crippen molar-refractivity contribution in [2.24, 2.45) is 0 Å². The molecule has 0 saturated carbocycles. The van der Waals surface area contributed by atoms with Crippen molar-refractivity contribution in [3.8, 4) is 0 Å². The number of nitrogens with one attached hydrogen (secondary N) is 1. The first kappa shape index (κ1) is 13.3. The quantitative estimate of drug-likeness (QED) is 0.786. The van der Waals surface area contributed by atoms with E-state index < -0.39 is 11.6 Å². The molecule has 0 spiro atoms. The number of hydrogen-bond donors (Lipinski definition) is 1. The molecule has 1 N–H and O–H groups in total.